The number of benzene rings is 1. The second-order valence-electron chi connectivity index (χ2n) is 4.58. The van der Waals surface area contributed by atoms with Crippen molar-refractivity contribution in [1.29, 1.82) is 0 Å². The van der Waals surface area contributed by atoms with Crippen molar-refractivity contribution in [3.63, 3.8) is 0 Å². The Morgan fingerprint density at radius 1 is 0.812 bits per heavy atom. The molecular formula is C15H25P. The second kappa shape index (κ2) is 7.07. The van der Waals surface area contributed by atoms with Crippen LogP contribution in [0, 0.1) is 0 Å². The van der Waals surface area contributed by atoms with Crippen LogP contribution in [0.15, 0.2) is 12.1 Å². The molecule has 0 saturated carbocycles. The first-order chi connectivity index (χ1) is 7.72. The molecule has 1 aromatic carbocycles. The van der Waals surface area contributed by atoms with Crippen molar-refractivity contribution in [3.05, 3.63) is 28.8 Å². The van der Waals surface area contributed by atoms with Gasteiger partial charge in [0.2, 0.25) is 0 Å². The predicted octanol–water partition coefficient (Wildman–Crippen LogP) is 4.04. The van der Waals surface area contributed by atoms with Crippen molar-refractivity contribution in [2.75, 3.05) is 0 Å². The molecule has 1 heteroatoms. The van der Waals surface area contributed by atoms with Crippen LogP contribution >= 0.6 is 9.24 Å². The lowest BCUT2D eigenvalue weighted by atomic mass is 9.97. The summed E-state index contributed by atoms with van der Waals surface area (Å²) in [6.07, 6.45) is 7.37. The summed E-state index contributed by atoms with van der Waals surface area (Å²) in [5, 5.41) is 1.46. The first-order valence-electron chi connectivity index (χ1n) is 6.63. The average Bonchev–Trinajstić information content (AvgIpc) is 2.26. The van der Waals surface area contributed by atoms with Crippen LogP contribution in [0.25, 0.3) is 0 Å². The third-order valence-electron chi connectivity index (χ3n) is 2.99. The van der Waals surface area contributed by atoms with E-state index in [4.69, 9.17) is 0 Å². The molecule has 0 bridgehead atoms. The van der Waals surface area contributed by atoms with Crippen LogP contribution in [-0.4, -0.2) is 0 Å². The van der Waals surface area contributed by atoms with E-state index in [0.29, 0.717) is 0 Å². The topological polar surface area (TPSA) is 0 Å². The van der Waals surface area contributed by atoms with E-state index in [9.17, 15) is 0 Å². The van der Waals surface area contributed by atoms with Gasteiger partial charge in [0, 0.05) is 0 Å². The number of rotatable bonds is 6. The van der Waals surface area contributed by atoms with Gasteiger partial charge in [-0.15, -0.1) is 9.24 Å². The first kappa shape index (κ1) is 13.7. The quantitative estimate of drug-likeness (QED) is 0.654. The van der Waals surface area contributed by atoms with Crippen molar-refractivity contribution < 1.29 is 0 Å². The van der Waals surface area contributed by atoms with Crippen molar-refractivity contribution >= 4 is 14.5 Å². The van der Waals surface area contributed by atoms with Gasteiger partial charge in [0.05, 0.1) is 0 Å². The lowest BCUT2D eigenvalue weighted by molar-refractivity contribution is 0.879. The third kappa shape index (κ3) is 3.59. The van der Waals surface area contributed by atoms with Crippen LogP contribution < -0.4 is 5.30 Å². The molecule has 0 N–H and O–H groups in total. The highest BCUT2D eigenvalue weighted by Crippen LogP contribution is 2.16. The van der Waals surface area contributed by atoms with E-state index < -0.39 is 0 Å². The Kier molecular flexibility index (Phi) is 6.06. The lowest BCUT2D eigenvalue weighted by Gasteiger charge is -2.13. The summed E-state index contributed by atoms with van der Waals surface area (Å²) >= 11 is 0. The molecule has 90 valence electrons. The van der Waals surface area contributed by atoms with Gasteiger partial charge in [-0.05, 0) is 41.3 Å². The second-order valence-corrected chi connectivity index (χ2v) is 5.16. The Morgan fingerprint density at radius 2 is 1.25 bits per heavy atom. The van der Waals surface area contributed by atoms with E-state index in [2.05, 4.69) is 42.1 Å². The Bertz CT molecular complexity index is 301. The summed E-state index contributed by atoms with van der Waals surface area (Å²) in [5.74, 6) is 0. The summed E-state index contributed by atoms with van der Waals surface area (Å²) in [6.45, 7) is 6.78. The number of hydrogen-bond acceptors (Lipinski definition) is 0. The van der Waals surface area contributed by atoms with Gasteiger partial charge < -0.3 is 0 Å². The molecule has 1 rings (SSSR count). The minimum atomic E-state index is 1.22. The van der Waals surface area contributed by atoms with E-state index >= 15 is 0 Å². The van der Waals surface area contributed by atoms with Crippen LogP contribution in [0.4, 0.5) is 0 Å². The zero-order chi connectivity index (χ0) is 12.0. The Balaban J connectivity index is 3.05. The number of aryl methyl sites for hydroxylation is 3. The van der Waals surface area contributed by atoms with Crippen LogP contribution in [0.3, 0.4) is 0 Å². The summed E-state index contributed by atoms with van der Waals surface area (Å²) in [6, 6.07) is 4.82. The summed E-state index contributed by atoms with van der Waals surface area (Å²) in [5.41, 5.74) is 4.62. The molecule has 16 heavy (non-hydrogen) atoms. The van der Waals surface area contributed by atoms with Gasteiger partial charge in [0.25, 0.3) is 0 Å². The zero-order valence-corrected chi connectivity index (χ0v) is 12.1. The van der Waals surface area contributed by atoms with Gasteiger partial charge in [-0.25, -0.2) is 0 Å². The van der Waals surface area contributed by atoms with Crippen molar-refractivity contribution in [2.24, 2.45) is 0 Å². The van der Waals surface area contributed by atoms with Crippen LogP contribution in [-0.2, 0) is 19.3 Å². The maximum atomic E-state index is 2.95. The van der Waals surface area contributed by atoms with E-state index in [-0.39, 0.29) is 0 Å². The van der Waals surface area contributed by atoms with E-state index in [0.717, 1.165) is 0 Å². The number of hydrogen-bond donors (Lipinski definition) is 0. The van der Waals surface area contributed by atoms with Gasteiger partial charge >= 0.3 is 0 Å². The Morgan fingerprint density at radius 3 is 1.62 bits per heavy atom. The Labute approximate surface area is 103 Å². The average molecular weight is 236 g/mol. The molecule has 0 fully saturated rings. The fourth-order valence-electron chi connectivity index (χ4n) is 2.24. The van der Waals surface area contributed by atoms with E-state index in [1.54, 1.807) is 11.1 Å². The predicted molar refractivity (Wildman–Crippen MR) is 77.8 cm³/mol. The summed E-state index contributed by atoms with van der Waals surface area (Å²) < 4.78 is 0. The minimum Gasteiger partial charge on any atom is -0.105 e. The molecule has 0 aromatic heterocycles. The monoisotopic (exact) mass is 236 g/mol. The smallest absolute Gasteiger partial charge is 0.0239 e. The highest BCUT2D eigenvalue weighted by Gasteiger charge is 2.06. The van der Waals surface area contributed by atoms with Gasteiger partial charge in [0.15, 0.2) is 0 Å². The minimum absolute atomic E-state index is 1.22. The van der Waals surface area contributed by atoms with Crippen LogP contribution in [0.5, 0.6) is 0 Å². The largest absolute Gasteiger partial charge is 0.105 e. The maximum absolute atomic E-state index is 2.95. The fraction of sp³-hybridized carbons (Fsp3) is 0.600. The van der Waals surface area contributed by atoms with Crippen LogP contribution in [0.2, 0.25) is 0 Å². The van der Waals surface area contributed by atoms with Crippen molar-refractivity contribution in [2.45, 2.75) is 59.3 Å². The van der Waals surface area contributed by atoms with E-state index in [1.165, 1.54) is 49.4 Å². The highest BCUT2D eigenvalue weighted by molar-refractivity contribution is 7.27. The van der Waals surface area contributed by atoms with Gasteiger partial charge in [-0.3, -0.25) is 0 Å². The van der Waals surface area contributed by atoms with Gasteiger partial charge in [-0.1, -0.05) is 52.2 Å². The molecule has 0 aliphatic heterocycles. The molecule has 0 aliphatic carbocycles. The van der Waals surface area contributed by atoms with Crippen molar-refractivity contribution in [3.8, 4) is 0 Å². The first-order valence-corrected chi connectivity index (χ1v) is 7.20. The molecule has 0 radical (unpaired) electrons. The van der Waals surface area contributed by atoms with Crippen molar-refractivity contribution in [1.82, 2.24) is 0 Å². The molecule has 0 amide bonds. The maximum Gasteiger partial charge on any atom is -0.0239 e. The summed E-state index contributed by atoms with van der Waals surface area (Å²) in [7, 11) is 2.95. The normalized spacial score (nSPS) is 10.8. The molecule has 1 atom stereocenters. The standard InChI is InChI=1S/C15H25P/c1-4-7-12-10-13(8-5-2)15(16)14(11-12)9-6-3/h10-11H,4-9,16H2,1-3H3. The summed E-state index contributed by atoms with van der Waals surface area (Å²) in [4.78, 5) is 0. The molecule has 1 unspecified atom stereocenters. The molecule has 0 spiro atoms. The molecule has 0 heterocycles. The zero-order valence-electron chi connectivity index (χ0n) is 11.0. The SMILES string of the molecule is CCCc1cc(CCC)c(P)c(CCC)c1. The fourth-order valence-corrected chi connectivity index (χ4v) is 2.69. The molecule has 0 aliphatic rings. The Hall–Kier alpha value is -0.350. The molecule has 1 aromatic rings. The molecule has 0 saturated heterocycles. The highest BCUT2D eigenvalue weighted by atomic mass is 31.0. The van der Waals surface area contributed by atoms with Gasteiger partial charge in [0.1, 0.15) is 0 Å². The van der Waals surface area contributed by atoms with Gasteiger partial charge in [-0.2, -0.15) is 0 Å². The van der Waals surface area contributed by atoms with Crippen LogP contribution in [0.1, 0.15) is 56.7 Å². The lowest BCUT2D eigenvalue weighted by Crippen LogP contribution is -2.10. The molecule has 0 nitrogen and oxygen atoms in total. The van der Waals surface area contributed by atoms with E-state index in [1.807, 2.05) is 0 Å². The third-order valence-corrected chi connectivity index (χ3v) is 3.73. The molecular weight excluding hydrogens is 211 g/mol.